The van der Waals surface area contributed by atoms with E-state index in [-0.39, 0.29) is 22.4 Å². The van der Waals surface area contributed by atoms with Gasteiger partial charge in [0.05, 0.1) is 16.6 Å². The minimum Gasteiger partial charge on any atom is -0.308 e. The number of aromatic nitrogens is 1. The Kier molecular flexibility index (Phi) is 5.21. The summed E-state index contributed by atoms with van der Waals surface area (Å²) in [7, 11) is 0. The van der Waals surface area contributed by atoms with Crippen LogP contribution in [0.25, 0.3) is 0 Å². The first-order valence-electron chi connectivity index (χ1n) is 7.17. The average Bonchev–Trinajstić information content (AvgIpc) is 3.17. The van der Waals surface area contributed by atoms with Crippen LogP contribution in [0.3, 0.4) is 0 Å². The highest BCUT2D eigenvalue weighted by Gasteiger charge is 2.45. The molecule has 1 saturated heterocycles. The van der Waals surface area contributed by atoms with Gasteiger partial charge in [-0.1, -0.05) is 29.3 Å². The quantitative estimate of drug-likeness (QED) is 0.600. The van der Waals surface area contributed by atoms with Gasteiger partial charge >= 0.3 is 17.8 Å². The van der Waals surface area contributed by atoms with Crippen LogP contribution < -0.4 is 5.32 Å². The molecule has 1 N–H and O–H groups in total. The molecule has 0 aromatic carbocycles. The van der Waals surface area contributed by atoms with E-state index >= 15 is 0 Å². The van der Waals surface area contributed by atoms with Crippen molar-refractivity contribution < 1.29 is 19.2 Å². The third-order valence-corrected chi connectivity index (χ3v) is 4.75. The molecule has 2 aromatic rings. The van der Waals surface area contributed by atoms with Crippen molar-refractivity contribution in [2.24, 2.45) is 0 Å². The molecule has 1 aliphatic heterocycles. The molecule has 0 spiro atoms. The molecule has 0 aliphatic carbocycles. The zero-order valence-corrected chi connectivity index (χ0v) is 15.3. The molecule has 1 fully saturated rings. The summed E-state index contributed by atoms with van der Waals surface area (Å²) in [6.45, 7) is -0.658. The van der Waals surface area contributed by atoms with Crippen LogP contribution in [-0.4, -0.2) is 45.1 Å². The summed E-state index contributed by atoms with van der Waals surface area (Å²) in [5.41, 5.74) is 0. The highest BCUT2D eigenvalue weighted by atomic mass is 35.5. The molecule has 0 bridgehead atoms. The third-order valence-electron chi connectivity index (χ3n) is 3.40. The van der Waals surface area contributed by atoms with Crippen LogP contribution in [0.5, 0.6) is 0 Å². The number of anilines is 1. The van der Waals surface area contributed by atoms with Gasteiger partial charge in [-0.05, 0) is 17.5 Å². The minimum absolute atomic E-state index is 0.0240. The van der Waals surface area contributed by atoms with Crippen LogP contribution >= 0.6 is 34.5 Å². The maximum atomic E-state index is 12.3. The van der Waals surface area contributed by atoms with E-state index in [4.69, 9.17) is 23.2 Å². The van der Waals surface area contributed by atoms with E-state index in [1.54, 1.807) is 17.5 Å². The first-order chi connectivity index (χ1) is 12.4. The summed E-state index contributed by atoms with van der Waals surface area (Å²) in [5, 5.41) is 4.54. The van der Waals surface area contributed by atoms with Gasteiger partial charge in [-0.3, -0.25) is 19.3 Å². The topological polar surface area (TPSA) is 99.7 Å². The number of halogens is 2. The van der Waals surface area contributed by atoms with Crippen molar-refractivity contribution in [2.45, 2.75) is 6.54 Å². The molecule has 8 nitrogen and oxygen atoms in total. The molecule has 3 heterocycles. The normalized spacial score (nSPS) is 14.3. The first kappa shape index (κ1) is 18.3. The van der Waals surface area contributed by atoms with Gasteiger partial charge < -0.3 is 5.32 Å². The number of pyridine rings is 1. The average molecular weight is 413 g/mol. The molecule has 26 heavy (non-hydrogen) atoms. The number of urea groups is 1. The summed E-state index contributed by atoms with van der Waals surface area (Å²) in [4.78, 5) is 54.5. The SMILES string of the molecule is O=C(CN1C(=O)C(=O)N(Cc2cccs2)C1=O)Nc1ncc(Cl)cc1Cl. The van der Waals surface area contributed by atoms with Crippen LogP contribution in [0.1, 0.15) is 4.88 Å². The van der Waals surface area contributed by atoms with Gasteiger partial charge in [0.2, 0.25) is 5.91 Å². The highest BCUT2D eigenvalue weighted by molar-refractivity contribution is 7.09. The zero-order valence-electron chi connectivity index (χ0n) is 12.9. The zero-order chi connectivity index (χ0) is 18.8. The maximum absolute atomic E-state index is 12.3. The fourth-order valence-corrected chi connectivity index (χ4v) is 3.33. The fraction of sp³-hybridized carbons (Fsp3) is 0.133. The van der Waals surface area contributed by atoms with E-state index in [9.17, 15) is 19.2 Å². The Bertz CT molecular complexity index is 903. The van der Waals surface area contributed by atoms with Crippen LogP contribution in [0.15, 0.2) is 29.8 Å². The van der Waals surface area contributed by atoms with Crippen LogP contribution in [0.4, 0.5) is 10.6 Å². The summed E-state index contributed by atoms with van der Waals surface area (Å²) >= 11 is 13.0. The summed E-state index contributed by atoms with van der Waals surface area (Å²) in [6.07, 6.45) is 1.28. The molecule has 1 aliphatic rings. The number of hydrogen-bond donors (Lipinski definition) is 1. The molecule has 0 atom stereocenters. The second-order valence-corrected chi connectivity index (χ2v) is 7.05. The number of rotatable bonds is 5. The van der Waals surface area contributed by atoms with Crippen molar-refractivity contribution >= 4 is 64.1 Å². The smallest absolute Gasteiger partial charge is 0.308 e. The van der Waals surface area contributed by atoms with Gasteiger partial charge in [0.15, 0.2) is 5.82 Å². The van der Waals surface area contributed by atoms with Gasteiger partial charge in [-0.25, -0.2) is 14.7 Å². The van der Waals surface area contributed by atoms with E-state index in [1.807, 2.05) is 0 Å². The number of nitrogens with zero attached hydrogens (tertiary/aromatic N) is 3. The summed E-state index contributed by atoms with van der Waals surface area (Å²) in [5.74, 6) is -2.73. The summed E-state index contributed by atoms with van der Waals surface area (Å²) in [6, 6.07) is 4.03. The van der Waals surface area contributed by atoms with E-state index in [2.05, 4.69) is 10.3 Å². The predicted octanol–water partition coefficient (Wildman–Crippen LogP) is 2.38. The predicted molar refractivity (Wildman–Crippen MR) is 94.9 cm³/mol. The lowest BCUT2D eigenvalue weighted by atomic mass is 10.4. The van der Waals surface area contributed by atoms with E-state index in [0.29, 0.717) is 4.90 Å². The van der Waals surface area contributed by atoms with Gasteiger partial charge in [0, 0.05) is 11.1 Å². The second kappa shape index (κ2) is 7.40. The lowest BCUT2D eigenvalue weighted by molar-refractivity contribution is -0.143. The molecule has 134 valence electrons. The van der Waals surface area contributed by atoms with Crippen molar-refractivity contribution in [3.05, 3.63) is 44.7 Å². The molecule has 3 rings (SSSR count). The van der Waals surface area contributed by atoms with Crippen molar-refractivity contribution in [3.63, 3.8) is 0 Å². The number of carbonyl (C=O) groups excluding carboxylic acids is 4. The number of carbonyl (C=O) groups is 4. The lowest BCUT2D eigenvalue weighted by Gasteiger charge is -2.14. The van der Waals surface area contributed by atoms with Gasteiger partial charge in [0.25, 0.3) is 0 Å². The third kappa shape index (κ3) is 3.69. The first-order valence-corrected chi connectivity index (χ1v) is 8.81. The summed E-state index contributed by atoms with van der Waals surface area (Å²) < 4.78 is 0. The second-order valence-electron chi connectivity index (χ2n) is 5.18. The van der Waals surface area contributed by atoms with Crippen molar-refractivity contribution in [2.75, 3.05) is 11.9 Å². The molecular formula is C15H10Cl2N4O4S. The Balaban J connectivity index is 1.68. The monoisotopic (exact) mass is 412 g/mol. The Hall–Kier alpha value is -2.49. The van der Waals surface area contributed by atoms with Crippen LogP contribution in [0, 0.1) is 0 Å². The molecule has 11 heteroatoms. The minimum atomic E-state index is -1.06. The highest BCUT2D eigenvalue weighted by Crippen LogP contribution is 2.23. The number of nitrogens with one attached hydrogen (secondary N) is 1. The van der Waals surface area contributed by atoms with E-state index < -0.39 is 30.3 Å². The number of thiophene rings is 1. The molecule has 0 saturated carbocycles. The number of hydrogen-bond acceptors (Lipinski definition) is 6. The largest absolute Gasteiger partial charge is 0.335 e. The molecule has 0 unspecified atom stereocenters. The Labute approximate surface area is 161 Å². The molecular weight excluding hydrogens is 403 g/mol. The van der Waals surface area contributed by atoms with Crippen LogP contribution in [0.2, 0.25) is 10.0 Å². The number of amides is 5. The van der Waals surface area contributed by atoms with Crippen molar-refractivity contribution in [1.82, 2.24) is 14.8 Å². The van der Waals surface area contributed by atoms with Gasteiger partial charge in [-0.15, -0.1) is 11.3 Å². The van der Waals surface area contributed by atoms with Crippen molar-refractivity contribution in [1.29, 1.82) is 0 Å². The fourth-order valence-electron chi connectivity index (χ4n) is 2.21. The van der Waals surface area contributed by atoms with Crippen molar-refractivity contribution in [3.8, 4) is 0 Å². The Morgan fingerprint density at radius 2 is 1.92 bits per heavy atom. The van der Waals surface area contributed by atoms with Gasteiger partial charge in [0.1, 0.15) is 6.54 Å². The van der Waals surface area contributed by atoms with E-state index in [1.165, 1.54) is 23.6 Å². The molecule has 0 radical (unpaired) electrons. The lowest BCUT2D eigenvalue weighted by Crippen LogP contribution is -2.39. The number of imide groups is 2. The Morgan fingerprint density at radius 3 is 2.58 bits per heavy atom. The maximum Gasteiger partial charge on any atom is 0.335 e. The standard InChI is InChI=1S/C15H10Cl2N4O4S/c16-8-4-10(17)12(18-5-8)19-11(22)7-21-14(24)13(23)20(15(21)25)6-9-2-1-3-26-9/h1-5H,6-7H2,(H,18,19,22). The molecule has 2 aromatic heterocycles. The van der Waals surface area contributed by atoms with Crippen LogP contribution in [-0.2, 0) is 20.9 Å². The van der Waals surface area contributed by atoms with Gasteiger partial charge in [-0.2, -0.15) is 0 Å². The Morgan fingerprint density at radius 1 is 1.19 bits per heavy atom. The van der Waals surface area contributed by atoms with E-state index in [0.717, 1.165) is 9.78 Å². The molecule has 5 amide bonds.